The smallest absolute Gasteiger partial charge is 0.339 e. The van der Waals surface area contributed by atoms with Crippen LogP contribution in [-0.2, 0) is 17.8 Å². The number of aromatic amines is 1. The molecule has 0 saturated heterocycles. The fourth-order valence-corrected chi connectivity index (χ4v) is 3.93. The number of carboxylic acid groups (broad SMARTS) is 1. The number of fused-ring (bicyclic) bond motifs is 1. The van der Waals surface area contributed by atoms with Crippen molar-refractivity contribution in [1.82, 2.24) is 9.88 Å². The van der Waals surface area contributed by atoms with Crippen LogP contribution in [0.25, 0.3) is 10.9 Å². The molecule has 0 saturated carbocycles. The van der Waals surface area contributed by atoms with Crippen LogP contribution in [0.3, 0.4) is 0 Å². The van der Waals surface area contributed by atoms with Gasteiger partial charge in [-0.05, 0) is 47.9 Å². The topological polar surface area (TPSA) is 91.9 Å². The van der Waals surface area contributed by atoms with Crippen molar-refractivity contribution < 1.29 is 28.6 Å². The second-order valence-electron chi connectivity index (χ2n) is 7.99. The quantitative estimate of drug-likeness (QED) is 0.347. The summed E-state index contributed by atoms with van der Waals surface area (Å²) in [6, 6.07) is 18.9. The standard InChI is InChI=1S/C27H25FN2O5/c1-34-20-7-4-6-18(14-20)16-30(13-12-19-15-29-24-11-3-2-8-21(19)24)25(31)17-35-26-22(27(32)33)9-5-10-23(26)28/h2-11,14-15,29H,12-13,16-17H2,1H3,(H,32,33). The van der Waals surface area contributed by atoms with Gasteiger partial charge in [0.1, 0.15) is 11.3 Å². The zero-order chi connectivity index (χ0) is 24.8. The van der Waals surface area contributed by atoms with Crippen LogP contribution < -0.4 is 9.47 Å². The number of nitrogens with zero attached hydrogens (tertiary/aromatic N) is 1. The lowest BCUT2D eigenvalue weighted by molar-refractivity contribution is -0.134. The van der Waals surface area contributed by atoms with Gasteiger partial charge < -0.3 is 24.5 Å². The summed E-state index contributed by atoms with van der Waals surface area (Å²) in [5, 5.41) is 10.4. The third-order valence-corrected chi connectivity index (χ3v) is 5.72. The minimum Gasteiger partial charge on any atom is -0.497 e. The van der Waals surface area contributed by atoms with E-state index in [2.05, 4.69) is 4.98 Å². The van der Waals surface area contributed by atoms with Crippen molar-refractivity contribution in [3.63, 3.8) is 0 Å². The van der Waals surface area contributed by atoms with Crippen LogP contribution in [0.1, 0.15) is 21.5 Å². The lowest BCUT2D eigenvalue weighted by Crippen LogP contribution is -2.36. The van der Waals surface area contributed by atoms with Gasteiger partial charge in [0.2, 0.25) is 0 Å². The van der Waals surface area contributed by atoms with E-state index >= 15 is 0 Å². The molecule has 0 radical (unpaired) electrons. The summed E-state index contributed by atoms with van der Waals surface area (Å²) in [6.45, 7) is 0.161. The van der Waals surface area contributed by atoms with Gasteiger partial charge in [-0.2, -0.15) is 0 Å². The number of benzene rings is 3. The zero-order valence-corrected chi connectivity index (χ0v) is 19.2. The molecule has 1 amide bonds. The highest BCUT2D eigenvalue weighted by Crippen LogP contribution is 2.23. The van der Waals surface area contributed by atoms with Gasteiger partial charge in [0.25, 0.3) is 5.91 Å². The molecule has 3 aromatic carbocycles. The number of aromatic nitrogens is 1. The van der Waals surface area contributed by atoms with Crippen molar-refractivity contribution >= 4 is 22.8 Å². The number of hydrogen-bond acceptors (Lipinski definition) is 4. The van der Waals surface area contributed by atoms with E-state index in [1.54, 1.807) is 12.0 Å². The number of H-pyrrole nitrogens is 1. The number of amides is 1. The average molecular weight is 477 g/mol. The first-order valence-corrected chi connectivity index (χ1v) is 11.1. The predicted octanol–water partition coefficient (Wildman–Crippen LogP) is 4.66. The summed E-state index contributed by atoms with van der Waals surface area (Å²) in [4.78, 5) is 29.5. The summed E-state index contributed by atoms with van der Waals surface area (Å²) in [6.07, 6.45) is 2.51. The average Bonchev–Trinajstić information content (AvgIpc) is 3.28. The molecule has 0 aliphatic heterocycles. The third kappa shape index (κ3) is 5.60. The SMILES string of the molecule is COc1cccc(CN(CCc2c[nH]c3ccccc23)C(=O)COc2c(F)cccc2C(=O)O)c1. The number of hydrogen-bond donors (Lipinski definition) is 2. The molecule has 180 valence electrons. The van der Waals surface area contributed by atoms with E-state index in [0.29, 0.717) is 18.7 Å². The van der Waals surface area contributed by atoms with E-state index in [1.165, 1.54) is 12.1 Å². The van der Waals surface area contributed by atoms with E-state index in [1.807, 2.05) is 54.7 Å². The second kappa shape index (κ2) is 10.7. The van der Waals surface area contributed by atoms with E-state index in [-0.39, 0.29) is 12.1 Å². The molecule has 0 unspecified atom stereocenters. The molecule has 0 atom stereocenters. The van der Waals surface area contributed by atoms with Crippen molar-refractivity contribution in [1.29, 1.82) is 0 Å². The van der Waals surface area contributed by atoms with E-state index in [9.17, 15) is 19.1 Å². The largest absolute Gasteiger partial charge is 0.497 e. The van der Waals surface area contributed by atoms with E-state index in [0.717, 1.165) is 28.1 Å². The van der Waals surface area contributed by atoms with Crippen molar-refractivity contribution in [3.05, 3.63) is 95.4 Å². The highest BCUT2D eigenvalue weighted by Gasteiger charge is 2.20. The lowest BCUT2D eigenvalue weighted by atomic mass is 10.1. The number of rotatable bonds is 10. The Morgan fingerprint density at radius 1 is 1.06 bits per heavy atom. The highest BCUT2D eigenvalue weighted by molar-refractivity contribution is 5.91. The van der Waals surface area contributed by atoms with Crippen LogP contribution in [0.4, 0.5) is 4.39 Å². The second-order valence-corrected chi connectivity index (χ2v) is 7.99. The molecule has 8 heteroatoms. The summed E-state index contributed by atoms with van der Waals surface area (Å²) >= 11 is 0. The third-order valence-electron chi connectivity index (χ3n) is 5.72. The highest BCUT2D eigenvalue weighted by atomic mass is 19.1. The zero-order valence-electron chi connectivity index (χ0n) is 19.2. The molecular formula is C27H25FN2O5. The van der Waals surface area contributed by atoms with Crippen molar-refractivity contribution in [2.24, 2.45) is 0 Å². The van der Waals surface area contributed by atoms with Gasteiger partial charge in [0.05, 0.1) is 7.11 Å². The minimum absolute atomic E-state index is 0.283. The molecule has 0 aliphatic rings. The number of nitrogens with one attached hydrogen (secondary N) is 1. The molecule has 7 nitrogen and oxygen atoms in total. The van der Waals surface area contributed by atoms with E-state index < -0.39 is 30.1 Å². The summed E-state index contributed by atoms with van der Waals surface area (Å²) in [7, 11) is 1.57. The maximum Gasteiger partial charge on any atom is 0.339 e. The Balaban J connectivity index is 1.53. The van der Waals surface area contributed by atoms with Gasteiger partial charge in [-0.25, -0.2) is 9.18 Å². The molecule has 0 fully saturated rings. The maximum absolute atomic E-state index is 14.2. The van der Waals surface area contributed by atoms with Gasteiger partial charge in [-0.3, -0.25) is 4.79 Å². The van der Waals surface area contributed by atoms with E-state index in [4.69, 9.17) is 9.47 Å². The van der Waals surface area contributed by atoms with Crippen LogP contribution in [0.15, 0.2) is 72.9 Å². The molecule has 0 aliphatic carbocycles. The Kier molecular flexibility index (Phi) is 7.30. The van der Waals surface area contributed by atoms with Crippen LogP contribution in [0, 0.1) is 5.82 Å². The first kappa shape index (κ1) is 23.8. The number of ether oxygens (including phenoxy) is 2. The summed E-state index contributed by atoms with van der Waals surface area (Å²) < 4.78 is 24.9. The van der Waals surface area contributed by atoms with Crippen molar-refractivity contribution in [2.45, 2.75) is 13.0 Å². The molecule has 1 heterocycles. The number of aromatic carboxylic acids is 1. The molecule has 4 aromatic rings. The Hall–Kier alpha value is -4.33. The minimum atomic E-state index is -1.33. The Labute approximate surface area is 201 Å². The molecule has 4 rings (SSSR count). The summed E-state index contributed by atoms with van der Waals surface area (Å²) in [5.41, 5.74) is 2.59. The van der Waals surface area contributed by atoms with Crippen LogP contribution in [0.2, 0.25) is 0 Å². The van der Waals surface area contributed by atoms with Crippen LogP contribution >= 0.6 is 0 Å². The van der Waals surface area contributed by atoms with Gasteiger partial charge in [-0.15, -0.1) is 0 Å². The molecule has 0 bridgehead atoms. The van der Waals surface area contributed by atoms with Crippen molar-refractivity contribution in [2.75, 3.05) is 20.3 Å². The number of carboxylic acids is 1. The number of carbonyl (C=O) groups is 2. The predicted molar refractivity (Wildman–Crippen MR) is 129 cm³/mol. The van der Waals surface area contributed by atoms with Crippen molar-refractivity contribution in [3.8, 4) is 11.5 Å². The number of halogens is 1. The fourth-order valence-electron chi connectivity index (χ4n) is 3.93. The normalized spacial score (nSPS) is 10.8. The first-order valence-electron chi connectivity index (χ1n) is 11.1. The summed E-state index contributed by atoms with van der Waals surface area (Å²) in [5.74, 6) is -2.35. The number of methoxy groups -OCH3 is 1. The molecule has 35 heavy (non-hydrogen) atoms. The first-order chi connectivity index (χ1) is 17.0. The van der Waals surface area contributed by atoms with Gasteiger partial charge >= 0.3 is 5.97 Å². The Morgan fingerprint density at radius 3 is 2.66 bits per heavy atom. The maximum atomic E-state index is 14.2. The monoisotopic (exact) mass is 476 g/mol. The van der Waals surface area contributed by atoms with Gasteiger partial charge in [-0.1, -0.05) is 36.4 Å². The fraction of sp³-hybridized carbons (Fsp3) is 0.185. The lowest BCUT2D eigenvalue weighted by Gasteiger charge is -2.23. The molecule has 0 spiro atoms. The van der Waals surface area contributed by atoms with Gasteiger partial charge in [0, 0.05) is 30.2 Å². The molecule has 2 N–H and O–H groups in total. The van der Waals surface area contributed by atoms with Gasteiger partial charge in [0.15, 0.2) is 18.2 Å². The molecular weight excluding hydrogens is 451 g/mol. The van der Waals surface area contributed by atoms with Crippen LogP contribution in [0.5, 0.6) is 11.5 Å². The Morgan fingerprint density at radius 2 is 1.86 bits per heavy atom. The molecule has 1 aromatic heterocycles. The number of carbonyl (C=O) groups excluding carboxylic acids is 1. The van der Waals surface area contributed by atoms with Crippen LogP contribution in [-0.4, -0.2) is 47.1 Å². The Bertz CT molecular complexity index is 1350. The number of para-hydroxylation sites is 2.